The van der Waals surface area contributed by atoms with Crippen LogP contribution in [0.1, 0.15) is 5.56 Å². The standard InChI is InChI=1S/C16H14N2O2S/c19-21(20,18-11-13-6-2-1-3-7-13)15-10-14-8-4-5-9-16(14)17-12-15/h1-10,12,18H,11H2. The molecule has 106 valence electrons. The fraction of sp³-hybridized carbons (Fsp3) is 0.0625. The summed E-state index contributed by atoms with van der Waals surface area (Å²) < 4.78 is 27.2. The quantitative estimate of drug-likeness (QED) is 0.805. The van der Waals surface area contributed by atoms with Gasteiger partial charge in [0.25, 0.3) is 0 Å². The van der Waals surface area contributed by atoms with Crippen LogP contribution in [0.25, 0.3) is 10.9 Å². The predicted octanol–water partition coefficient (Wildman–Crippen LogP) is 2.71. The summed E-state index contributed by atoms with van der Waals surface area (Å²) in [6.45, 7) is 0.260. The number of para-hydroxylation sites is 1. The first-order valence-electron chi connectivity index (χ1n) is 6.53. The Kier molecular flexibility index (Phi) is 3.68. The highest BCUT2D eigenvalue weighted by atomic mass is 32.2. The average Bonchev–Trinajstić information content (AvgIpc) is 2.53. The highest BCUT2D eigenvalue weighted by molar-refractivity contribution is 7.89. The molecule has 0 aliphatic carbocycles. The van der Waals surface area contributed by atoms with Gasteiger partial charge in [0, 0.05) is 18.1 Å². The molecule has 0 bridgehead atoms. The number of hydrogen-bond acceptors (Lipinski definition) is 3. The topological polar surface area (TPSA) is 59.1 Å². The lowest BCUT2D eigenvalue weighted by atomic mass is 10.2. The van der Waals surface area contributed by atoms with Gasteiger partial charge in [0.1, 0.15) is 4.90 Å². The maximum Gasteiger partial charge on any atom is 0.242 e. The third-order valence-corrected chi connectivity index (χ3v) is 4.55. The molecular weight excluding hydrogens is 284 g/mol. The molecule has 0 atom stereocenters. The first-order valence-corrected chi connectivity index (χ1v) is 8.02. The second-order valence-electron chi connectivity index (χ2n) is 4.67. The Bertz CT molecular complexity index is 862. The lowest BCUT2D eigenvalue weighted by Gasteiger charge is -2.07. The minimum Gasteiger partial charge on any atom is -0.255 e. The zero-order valence-electron chi connectivity index (χ0n) is 11.2. The monoisotopic (exact) mass is 298 g/mol. The van der Waals surface area contributed by atoms with E-state index in [0.29, 0.717) is 0 Å². The van der Waals surface area contributed by atoms with Crippen LogP contribution >= 0.6 is 0 Å². The van der Waals surface area contributed by atoms with Gasteiger partial charge in [-0.05, 0) is 17.7 Å². The van der Waals surface area contributed by atoms with Crippen molar-refractivity contribution < 1.29 is 8.42 Å². The Morgan fingerprint density at radius 1 is 0.952 bits per heavy atom. The van der Waals surface area contributed by atoms with Gasteiger partial charge < -0.3 is 0 Å². The van der Waals surface area contributed by atoms with E-state index >= 15 is 0 Å². The van der Waals surface area contributed by atoms with Gasteiger partial charge in [-0.3, -0.25) is 4.98 Å². The van der Waals surface area contributed by atoms with Crippen LogP contribution in [0.4, 0.5) is 0 Å². The molecule has 0 aliphatic heterocycles. The summed E-state index contributed by atoms with van der Waals surface area (Å²) in [6.07, 6.45) is 1.38. The number of rotatable bonds is 4. The second kappa shape index (κ2) is 5.63. The molecular formula is C16H14N2O2S. The van der Waals surface area contributed by atoms with E-state index in [1.54, 1.807) is 6.07 Å². The molecule has 1 heterocycles. The lowest BCUT2D eigenvalue weighted by Crippen LogP contribution is -2.23. The SMILES string of the molecule is O=S(=O)(NCc1ccccc1)c1cnc2ccccc2c1. The van der Waals surface area contributed by atoms with Crippen LogP contribution in [-0.4, -0.2) is 13.4 Å². The first-order chi connectivity index (χ1) is 10.1. The van der Waals surface area contributed by atoms with Crippen molar-refractivity contribution in [2.24, 2.45) is 0 Å². The number of aromatic nitrogens is 1. The molecule has 0 fully saturated rings. The Labute approximate surface area is 123 Å². The Morgan fingerprint density at radius 2 is 1.67 bits per heavy atom. The van der Waals surface area contributed by atoms with Gasteiger partial charge in [0.15, 0.2) is 0 Å². The highest BCUT2D eigenvalue weighted by Crippen LogP contribution is 2.16. The normalized spacial score (nSPS) is 11.6. The molecule has 0 saturated carbocycles. The van der Waals surface area contributed by atoms with E-state index in [4.69, 9.17) is 0 Å². The Morgan fingerprint density at radius 3 is 2.48 bits per heavy atom. The number of pyridine rings is 1. The highest BCUT2D eigenvalue weighted by Gasteiger charge is 2.14. The molecule has 2 aromatic carbocycles. The molecule has 1 N–H and O–H groups in total. The van der Waals surface area contributed by atoms with Gasteiger partial charge in [-0.15, -0.1) is 0 Å². The van der Waals surface area contributed by atoms with Gasteiger partial charge in [-0.25, -0.2) is 13.1 Å². The molecule has 5 heteroatoms. The summed E-state index contributed by atoms with van der Waals surface area (Å²) in [7, 11) is -3.56. The van der Waals surface area contributed by atoms with Crippen molar-refractivity contribution in [3.8, 4) is 0 Å². The fourth-order valence-corrected chi connectivity index (χ4v) is 3.05. The third kappa shape index (κ3) is 3.09. The second-order valence-corrected chi connectivity index (χ2v) is 6.44. The molecule has 1 aromatic heterocycles. The molecule has 3 rings (SSSR count). The van der Waals surface area contributed by atoms with Gasteiger partial charge in [0.05, 0.1) is 5.52 Å². The van der Waals surface area contributed by atoms with E-state index in [9.17, 15) is 8.42 Å². The largest absolute Gasteiger partial charge is 0.255 e. The maximum absolute atomic E-state index is 12.3. The summed E-state index contributed by atoms with van der Waals surface area (Å²) in [6, 6.07) is 18.5. The summed E-state index contributed by atoms with van der Waals surface area (Å²) in [5.41, 5.74) is 1.69. The van der Waals surface area contributed by atoms with E-state index in [-0.39, 0.29) is 11.4 Å². The maximum atomic E-state index is 12.3. The van der Waals surface area contributed by atoms with Crippen molar-refractivity contribution in [3.05, 3.63) is 72.4 Å². The van der Waals surface area contributed by atoms with Crippen molar-refractivity contribution in [2.75, 3.05) is 0 Å². The smallest absolute Gasteiger partial charge is 0.242 e. The Balaban J connectivity index is 1.86. The van der Waals surface area contributed by atoms with E-state index in [1.807, 2.05) is 54.6 Å². The molecule has 0 unspecified atom stereocenters. The van der Waals surface area contributed by atoms with Crippen molar-refractivity contribution in [3.63, 3.8) is 0 Å². The first kappa shape index (κ1) is 13.7. The minimum atomic E-state index is -3.56. The molecule has 0 saturated heterocycles. The number of benzene rings is 2. The zero-order valence-corrected chi connectivity index (χ0v) is 12.0. The summed E-state index contributed by atoms with van der Waals surface area (Å²) in [5.74, 6) is 0. The van der Waals surface area contributed by atoms with Crippen LogP contribution in [0.3, 0.4) is 0 Å². The molecule has 0 aliphatic rings. The number of fused-ring (bicyclic) bond motifs is 1. The van der Waals surface area contributed by atoms with E-state index in [1.165, 1.54) is 6.20 Å². The van der Waals surface area contributed by atoms with Crippen LogP contribution in [0.15, 0.2) is 71.8 Å². The van der Waals surface area contributed by atoms with Crippen LogP contribution in [0.2, 0.25) is 0 Å². The average molecular weight is 298 g/mol. The molecule has 0 radical (unpaired) electrons. The van der Waals surface area contributed by atoms with Crippen LogP contribution < -0.4 is 4.72 Å². The summed E-state index contributed by atoms with van der Waals surface area (Å²) >= 11 is 0. The molecule has 4 nitrogen and oxygen atoms in total. The number of nitrogens with zero attached hydrogens (tertiary/aromatic N) is 1. The summed E-state index contributed by atoms with van der Waals surface area (Å²) in [4.78, 5) is 4.36. The molecule has 0 amide bonds. The third-order valence-electron chi connectivity index (χ3n) is 3.18. The van der Waals surface area contributed by atoms with E-state index in [0.717, 1.165) is 16.5 Å². The zero-order chi connectivity index (χ0) is 14.7. The number of hydrogen-bond donors (Lipinski definition) is 1. The van der Waals surface area contributed by atoms with Gasteiger partial charge in [-0.1, -0.05) is 48.5 Å². The minimum absolute atomic E-state index is 0.178. The van der Waals surface area contributed by atoms with Crippen molar-refractivity contribution >= 4 is 20.9 Å². The van der Waals surface area contributed by atoms with Crippen molar-refractivity contribution in [1.82, 2.24) is 9.71 Å². The van der Waals surface area contributed by atoms with Crippen molar-refractivity contribution in [1.29, 1.82) is 0 Å². The molecule has 3 aromatic rings. The van der Waals surface area contributed by atoms with Gasteiger partial charge >= 0.3 is 0 Å². The van der Waals surface area contributed by atoms with Crippen LogP contribution in [0.5, 0.6) is 0 Å². The van der Waals surface area contributed by atoms with Gasteiger partial charge in [-0.2, -0.15) is 0 Å². The molecule has 0 spiro atoms. The Hall–Kier alpha value is -2.24. The number of sulfonamides is 1. The van der Waals surface area contributed by atoms with Crippen LogP contribution in [-0.2, 0) is 16.6 Å². The summed E-state index contributed by atoms with van der Waals surface area (Å²) in [5, 5.41) is 0.806. The van der Waals surface area contributed by atoms with E-state index in [2.05, 4.69) is 9.71 Å². The lowest BCUT2D eigenvalue weighted by molar-refractivity contribution is 0.581. The predicted molar refractivity (Wildman–Crippen MR) is 82.2 cm³/mol. The van der Waals surface area contributed by atoms with Gasteiger partial charge in [0.2, 0.25) is 10.0 Å². The van der Waals surface area contributed by atoms with E-state index < -0.39 is 10.0 Å². The molecule has 21 heavy (non-hydrogen) atoms. The number of nitrogens with one attached hydrogen (secondary N) is 1. The van der Waals surface area contributed by atoms with Crippen LogP contribution in [0, 0.1) is 0 Å². The van der Waals surface area contributed by atoms with Crippen molar-refractivity contribution in [2.45, 2.75) is 11.4 Å². The fourth-order valence-electron chi connectivity index (χ4n) is 2.06.